The van der Waals surface area contributed by atoms with Crippen molar-refractivity contribution in [2.45, 2.75) is 40.2 Å². The van der Waals surface area contributed by atoms with E-state index in [1.54, 1.807) is 11.6 Å². The Morgan fingerprint density at radius 1 is 1.32 bits per heavy atom. The second-order valence-corrected chi connectivity index (χ2v) is 4.49. The summed E-state index contributed by atoms with van der Waals surface area (Å²) in [5.41, 5.74) is 2.62. The van der Waals surface area contributed by atoms with Gasteiger partial charge in [-0.25, -0.2) is 4.98 Å². The van der Waals surface area contributed by atoms with Crippen LogP contribution in [-0.2, 0) is 26.4 Å². The maximum absolute atomic E-state index is 11.8. The summed E-state index contributed by atoms with van der Waals surface area (Å²) in [5.74, 6) is 0.910. The van der Waals surface area contributed by atoms with E-state index < -0.39 is 0 Å². The van der Waals surface area contributed by atoms with E-state index in [1.807, 2.05) is 25.6 Å². The molecule has 0 aliphatic heterocycles. The average molecular weight is 261 g/mol. The van der Waals surface area contributed by atoms with Crippen LogP contribution in [0.1, 0.15) is 48.3 Å². The van der Waals surface area contributed by atoms with Crippen molar-refractivity contribution >= 4 is 5.78 Å². The molecular weight excluding hydrogens is 242 g/mol. The molecule has 2 heterocycles. The van der Waals surface area contributed by atoms with Crippen LogP contribution in [0.25, 0.3) is 0 Å². The average Bonchev–Trinajstić information content (AvgIpc) is 2.93. The van der Waals surface area contributed by atoms with Gasteiger partial charge in [-0.15, -0.1) is 0 Å². The lowest BCUT2D eigenvalue weighted by atomic mass is 10.1. The standard InChI is InChI=1S/C13H19N5O/c1-5-10-13(9(3)19)11(6-2)18(16-10)7-12-14-8-15-17(12)4/h8H,5-7H2,1-4H3. The molecule has 2 aromatic rings. The number of hydrogen-bond acceptors (Lipinski definition) is 4. The molecule has 0 radical (unpaired) electrons. The first-order chi connectivity index (χ1) is 9.08. The molecular formula is C13H19N5O. The van der Waals surface area contributed by atoms with Crippen LogP contribution in [0, 0.1) is 0 Å². The zero-order valence-corrected chi connectivity index (χ0v) is 11.8. The molecule has 0 saturated heterocycles. The number of rotatable bonds is 5. The summed E-state index contributed by atoms with van der Waals surface area (Å²) < 4.78 is 3.60. The fourth-order valence-electron chi connectivity index (χ4n) is 2.29. The Balaban J connectivity index is 2.46. The van der Waals surface area contributed by atoms with E-state index in [1.165, 1.54) is 6.33 Å². The van der Waals surface area contributed by atoms with Crippen LogP contribution in [-0.4, -0.2) is 30.3 Å². The zero-order chi connectivity index (χ0) is 14.0. The number of ketones is 1. The molecule has 6 nitrogen and oxygen atoms in total. The van der Waals surface area contributed by atoms with E-state index in [9.17, 15) is 4.79 Å². The minimum absolute atomic E-state index is 0.0814. The molecule has 19 heavy (non-hydrogen) atoms. The number of aryl methyl sites for hydroxylation is 2. The predicted molar refractivity (Wildman–Crippen MR) is 71.1 cm³/mol. The van der Waals surface area contributed by atoms with Gasteiger partial charge in [0.2, 0.25) is 0 Å². The van der Waals surface area contributed by atoms with Gasteiger partial charge in [0.1, 0.15) is 18.7 Å². The van der Waals surface area contributed by atoms with Gasteiger partial charge in [-0.05, 0) is 19.8 Å². The van der Waals surface area contributed by atoms with Crippen molar-refractivity contribution in [3.8, 4) is 0 Å². The zero-order valence-electron chi connectivity index (χ0n) is 11.8. The van der Waals surface area contributed by atoms with Crippen molar-refractivity contribution < 1.29 is 4.79 Å². The highest BCUT2D eigenvalue weighted by atomic mass is 16.1. The van der Waals surface area contributed by atoms with Crippen LogP contribution >= 0.6 is 0 Å². The minimum atomic E-state index is 0.0814. The molecule has 0 aliphatic rings. The molecule has 2 aromatic heterocycles. The van der Waals surface area contributed by atoms with Crippen LogP contribution in [0.2, 0.25) is 0 Å². The van der Waals surface area contributed by atoms with Crippen LogP contribution in [0.5, 0.6) is 0 Å². The van der Waals surface area contributed by atoms with Crippen LogP contribution < -0.4 is 0 Å². The van der Waals surface area contributed by atoms with E-state index in [0.717, 1.165) is 35.6 Å². The van der Waals surface area contributed by atoms with Gasteiger partial charge in [-0.1, -0.05) is 13.8 Å². The van der Waals surface area contributed by atoms with Gasteiger partial charge in [0.15, 0.2) is 5.78 Å². The highest BCUT2D eigenvalue weighted by molar-refractivity contribution is 5.96. The van der Waals surface area contributed by atoms with Crippen molar-refractivity contribution in [1.29, 1.82) is 0 Å². The summed E-state index contributed by atoms with van der Waals surface area (Å²) in [6.45, 7) is 6.19. The van der Waals surface area contributed by atoms with Gasteiger partial charge in [0, 0.05) is 12.7 Å². The molecule has 0 aromatic carbocycles. The minimum Gasteiger partial charge on any atom is -0.294 e. The molecule has 0 bridgehead atoms. The smallest absolute Gasteiger partial charge is 0.163 e. The van der Waals surface area contributed by atoms with E-state index in [0.29, 0.717) is 6.54 Å². The van der Waals surface area contributed by atoms with Gasteiger partial charge in [0.05, 0.1) is 11.3 Å². The molecule has 2 rings (SSSR count). The van der Waals surface area contributed by atoms with E-state index in [-0.39, 0.29) is 5.78 Å². The Morgan fingerprint density at radius 2 is 2.05 bits per heavy atom. The summed E-state index contributed by atoms with van der Waals surface area (Å²) in [6.07, 6.45) is 3.06. The Labute approximate surface area is 112 Å². The van der Waals surface area contributed by atoms with Gasteiger partial charge >= 0.3 is 0 Å². The molecule has 0 unspecified atom stereocenters. The van der Waals surface area contributed by atoms with Gasteiger partial charge in [-0.3, -0.25) is 14.2 Å². The molecule has 0 spiro atoms. The number of hydrogen-bond donors (Lipinski definition) is 0. The first-order valence-corrected chi connectivity index (χ1v) is 6.50. The molecule has 0 N–H and O–H groups in total. The van der Waals surface area contributed by atoms with Crippen LogP contribution in [0.15, 0.2) is 6.33 Å². The highest BCUT2D eigenvalue weighted by Crippen LogP contribution is 2.17. The maximum Gasteiger partial charge on any atom is 0.163 e. The molecule has 102 valence electrons. The summed E-state index contributed by atoms with van der Waals surface area (Å²) in [4.78, 5) is 16.0. The quantitative estimate of drug-likeness (QED) is 0.763. The molecule has 0 saturated carbocycles. The molecule has 6 heteroatoms. The fraction of sp³-hybridized carbons (Fsp3) is 0.538. The van der Waals surface area contributed by atoms with Crippen molar-refractivity contribution in [2.24, 2.45) is 7.05 Å². The lowest BCUT2D eigenvalue weighted by Crippen LogP contribution is -2.11. The number of Topliss-reactive ketones (excluding diaryl/α,β-unsaturated/α-hetero) is 1. The van der Waals surface area contributed by atoms with Gasteiger partial charge in [0.25, 0.3) is 0 Å². The van der Waals surface area contributed by atoms with Crippen molar-refractivity contribution in [1.82, 2.24) is 24.5 Å². The summed E-state index contributed by atoms with van der Waals surface area (Å²) in [6, 6.07) is 0. The normalized spacial score (nSPS) is 10.9. The first-order valence-electron chi connectivity index (χ1n) is 6.50. The summed E-state index contributed by atoms with van der Waals surface area (Å²) in [7, 11) is 1.85. The molecule has 0 aliphatic carbocycles. The third-order valence-electron chi connectivity index (χ3n) is 3.25. The monoisotopic (exact) mass is 261 g/mol. The topological polar surface area (TPSA) is 65.6 Å². The predicted octanol–water partition coefficient (Wildman–Crippen LogP) is 1.39. The molecule has 0 amide bonds. The van der Waals surface area contributed by atoms with E-state index >= 15 is 0 Å². The largest absolute Gasteiger partial charge is 0.294 e. The number of carbonyl (C=O) groups excluding carboxylic acids is 1. The van der Waals surface area contributed by atoms with Crippen molar-refractivity contribution in [3.05, 3.63) is 29.1 Å². The Kier molecular flexibility index (Phi) is 3.78. The van der Waals surface area contributed by atoms with E-state index in [2.05, 4.69) is 15.2 Å². The SMILES string of the molecule is CCc1nn(Cc2ncnn2C)c(CC)c1C(C)=O. The first kappa shape index (κ1) is 13.5. The Bertz CT molecular complexity index is 596. The summed E-state index contributed by atoms with van der Waals surface area (Å²) in [5, 5.41) is 8.60. The molecule has 0 atom stereocenters. The third-order valence-corrected chi connectivity index (χ3v) is 3.25. The highest BCUT2D eigenvalue weighted by Gasteiger charge is 2.19. The van der Waals surface area contributed by atoms with Crippen molar-refractivity contribution in [3.63, 3.8) is 0 Å². The second-order valence-electron chi connectivity index (χ2n) is 4.49. The van der Waals surface area contributed by atoms with Crippen molar-refractivity contribution in [2.75, 3.05) is 0 Å². The summed E-state index contributed by atoms with van der Waals surface area (Å²) >= 11 is 0. The lowest BCUT2D eigenvalue weighted by Gasteiger charge is -2.06. The number of nitrogens with zero attached hydrogens (tertiary/aromatic N) is 5. The Hall–Kier alpha value is -1.98. The lowest BCUT2D eigenvalue weighted by molar-refractivity contribution is 0.101. The van der Waals surface area contributed by atoms with Gasteiger partial charge in [-0.2, -0.15) is 10.2 Å². The Morgan fingerprint density at radius 3 is 2.53 bits per heavy atom. The van der Waals surface area contributed by atoms with E-state index in [4.69, 9.17) is 0 Å². The molecule has 0 fully saturated rings. The van der Waals surface area contributed by atoms with Crippen LogP contribution in [0.3, 0.4) is 0 Å². The number of carbonyl (C=O) groups is 1. The third kappa shape index (κ3) is 2.43. The number of aromatic nitrogens is 5. The van der Waals surface area contributed by atoms with Gasteiger partial charge < -0.3 is 0 Å². The fourth-order valence-corrected chi connectivity index (χ4v) is 2.29. The van der Waals surface area contributed by atoms with Crippen LogP contribution in [0.4, 0.5) is 0 Å². The second kappa shape index (κ2) is 5.34. The maximum atomic E-state index is 11.8.